The molecule has 0 unspecified atom stereocenters. The van der Waals surface area contributed by atoms with Gasteiger partial charge in [-0.3, -0.25) is 10.00 Å². The monoisotopic (exact) mass is 355 g/mol. The number of rotatable bonds is 2. The second-order valence-electron chi connectivity index (χ2n) is 8.46. The number of anilines is 1. The van der Waals surface area contributed by atoms with Gasteiger partial charge < -0.3 is 10.6 Å². The van der Waals surface area contributed by atoms with E-state index in [9.17, 15) is 4.79 Å². The van der Waals surface area contributed by atoms with Crippen LogP contribution in [0, 0.1) is 0 Å². The first-order valence-corrected chi connectivity index (χ1v) is 9.06. The number of hydrogen-bond donors (Lipinski definition) is 2. The van der Waals surface area contributed by atoms with E-state index in [1.165, 1.54) is 0 Å². The second kappa shape index (κ2) is 6.43. The van der Waals surface area contributed by atoms with Crippen molar-refractivity contribution in [3.63, 3.8) is 0 Å². The number of amides is 2. The zero-order chi connectivity index (χ0) is 19.1. The third-order valence-corrected chi connectivity index (χ3v) is 5.12. The molecule has 0 saturated carbocycles. The van der Waals surface area contributed by atoms with Gasteiger partial charge in [-0.2, -0.15) is 5.10 Å². The van der Waals surface area contributed by atoms with Crippen LogP contribution in [0.4, 0.5) is 10.6 Å². The van der Waals surface area contributed by atoms with E-state index in [-0.39, 0.29) is 23.2 Å². The summed E-state index contributed by atoms with van der Waals surface area (Å²) in [5.74, 6) is 0.554. The number of aryl methyl sites for hydroxylation is 1. The van der Waals surface area contributed by atoms with Crippen LogP contribution in [0.3, 0.4) is 0 Å². The molecule has 1 fully saturated rings. The SMILES string of the molecule is Cn1nc(NC(=O)N2C(C)(C)CC(N)CC2(C)C)cc1-c1ccccc1. The molecule has 1 aliphatic heterocycles. The van der Waals surface area contributed by atoms with E-state index < -0.39 is 0 Å². The summed E-state index contributed by atoms with van der Waals surface area (Å²) in [6, 6.07) is 11.9. The number of aromatic nitrogens is 2. The van der Waals surface area contributed by atoms with Crippen molar-refractivity contribution >= 4 is 11.8 Å². The fraction of sp³-hybridized carbons (Fsp3) is 0.500. The fourth-order valence-corrected chi connectivity index (χ4v) is 4.48. The van der Waals surface area contributed by atoms with Crippen LogP contribution in [0.5, 0.6) is 0 Å². The predicted octanol–water partition coefficient (Wildman–Crippen LogP) is 3.60. The van der Waals surface area contributed by atoms with Crippen LogP contribution in [0.1, 0.15) is 40.5 Å². The summed E-state index contributed by atoms with van der Waals surface area (Å²) in [6.07, 6.45) is 1.56. The van der Waals surface area contributed by atoms with E-state index in [0.717, 1.165) is 24.1 Å². The Labute approximate surface area is 155 Å². The largest absolute Gasteiger partial charge is 0.328 e. The number of likely N-dealkylation sites (tertiary alicyclic amines) is 1. The molecule has 3 N–H and O–H groups in total. The van der Waals surface area contributed by atoms with Crippen LogP contribution >= 0.6 is 0 Å². The molecule has 3 rings (SSSR count). The van der Waals surface area contributed by atoms with Crippen molar-refractivity contribution in [1.82, 2.24) is 14.7 Å². The molecule has 6 heteroatoms. The minimum atomic E-state index is -0.317. The van der Waals surface area contributed by atoms with Gasteiger partial charge in [0.15, 0.2) is 5.82 Å². The van der Waals surface area contributed by atoms with Gasteiger partial charge in [0.05, 0.1) is 5.69 Å². The van der Waals surface area contributed by atoms with Gasteiger partial charge in [-0.15, -0.1) is 0 Å². The number of piperidine rings is 1. The first-order chi connectivity index (χ1) is 12.1. The quantitative estimate of drug-likeness (QED) is 0.864. The molecule has 1 saturated heterocycles. The van der Waals surface area contributed by atoms with Crippen molar-refractivity contribution in [2.75, 3.05) is 5.32 Å². The lowest BCUT2D eigenvalue weighted by Crippen LogP contribution is -2.66. The molecule has 0 spiro atoms. The number of nitrogens with zero attached hydrogens (tertiary/aromatic N) is 3. The summed E-state index contributed by atoms with van der Waals surface area (Å²) in [4.78, 5) is 15.0. The Kier molecular flexibility index (Phi) is 4.56. The first-order valence-electron chi connectivity index (χ1n) is 9.06. The normalized spacial score (nSPS) is 19.4. The number of benzene rings is 1. The molecule has 2 heterocycles. The van der Waals surface area contributed by atoms with Crippen LogP contribution in [0.25, 0.3) is 11.3 Å². The molecule has 6 nitrogen and oxygen atoms in total. The third-order valence-electron chi connectivity index (χ3n) is 5.12. The highest BCUT2D eigenvalue weighted by Crippen LogP contribution is 2.38. The topological polar surface area (TPSA) is 76.2 Å². The lowest BCUT2D eigenvalue weighted by atomic mass is 9.77. The lowest BCUT2D eigenvalue weighted by Gasteiger charge is -2.54. The van der Waals surface area contributed by atoms with Crippen LogP contribution in [-0.2, 0) is 7.05 Å². The van der Waals surface area contributed by atoms with Crippen molar-refractivity contribution < 1.29 is 4.79 Å². The number of hydrogen-bond acceptors (Lipinski definition) is 3. The fourth-order valence-electron chi connectivity index (χ4n) is 4.48. The molecule has 0 aliphatic carbocycles. The van der Waals surface area contributed by atoms with Gasteiger partial charge in [-0.1, -0.05) is 30.3 Å². The van der Waals surface area contributed by atoms with Crippen molar-refractivity contribution in [3.8, 4) is 11.3 Å². The average Bonchev–Trinajstić information content (AvgIpc) is 2.85. The maximum Gasteiger partial charge on any atom is 0.323 e. The molecule has 0 bridgehead atoms. The maximum absolute atomic E-state index is 13.1. The first kappa shape index (κ1) is 18.5. The van der Waals surface area contributed by atoms with Gasteiger partial charge in [-0.25, -0.2) is 4.79 Å². The smallest absolute Gasteiger partial charge is 0.323 e. The molecule has 140 valence electrons. The number of nitrogens with two attached hydrogens (primary N) is 1. The van der Waals surface area contributed by atoms with Crippen LogP contribution < -0.4 is 11.1 Å². The van der Waals surface area contributed by atoms with Crippen molar-refractivity contribution in [1.29, 1.82) is 0 Å². The van der Waals surface area contributed by atoms with Crippen molar-refractivity contribution in [3.05, 3.63) is 36.4 Å². The van der Waals surface area contributed by atoms with Gasteiger partial charge in [0, 0.05) is 30.2 Å². The summed E-state index contributed by atoms with van der Waals surface area (Å²) in [7, 11) is 1.88. The van der Waals surface area contributed by atoms with E-state index >= 15 is 0 Å². The summed E-state index contributed by atoms with van der Waals surface area (Å²) in [6.45, 7) is 8.28. The summed E-state index contributed by atoms with van der Waals surface area (Å²) >= 11 is 0. The Balaban J connectivity index is 1.84. The number of urea groups is 1. The third kappa shape index (κ3) is 3.46. The van der Waals surface area contributed by atoms with Gasteiger partial charge in [0.1, 0.15) is 0 Å². The number of carbonyl (C=O) groups is 1. The molecule has 1 aromatic carbocycles. The maximum atomic E-state index is 13.1. The summed E-state index contributed by atoms with van der Waals surface area (Å²) in [5.41, 5.74) is 7.60. The van der Waals surface area contributed by atoms with Gasteiger partial charge in [-0.05, 0) is 46.1 Å². The average molecular weight is 355 g/mol. The Morgan fingerprint density at radius 3 is 2.31 bits per heavy atom. The Hall–Kier alpha value is -2.34. The highest BCUT2D eigenvalue weighted by molar-refractivity contribution is 5.90. The molecule has 0 radical (unpaired) electrons. The Morgan fingerprint density at radius 2 is 1.73 bits per heavy atom. The van der Waals surface area contributed by atoms with Gasteiger partial charge in [0.25, 0.3) is 0 Å². The lowest BCUT2D eigenvalue weighted by molar-refractivity contribution is 0.00873. The highest BCUT2D eigenvalue weighted by atomic mass is 16.2. The standard InChI is InChI=1S/C20H29N5O/c1-19(2)12-15(21)13-20(3,4)25(19)18(26)22-17-11-16(24(5)23-17)14-9-7-6-8-10-14/h6-11,15H,12-13,21H2,1-5H3,(H,22,23,26). The number of carbonyl (C=O) groups excluding carboxylic acids is 1. The van der Waals surface area contributed by atoms with Crippen LogP contribution in [-0.4, -0.2) is 37.8 Å². The minimum absolute atomic E-state index is 0.101. The summed E-state index contributed by atoms with van der Waals surface area (Å²) in [5, 5.41) is 7.45. The van der Waals surface area contributed by atoms with Crippen LogP contribution in [0.2, 0.25) is 0 Å². The Morgan fingerprint density at radius 1 is 1.15 bits per heavy atom. The molecule has 2 amide bonds. The van der Waals surface area contributed by atoms with E-state index in [1.807, 2.05) is 48.3 Å². The van der Waals surface area contributed by atoms with Crippen molar-refractivity contribution in [2.24, 2.45) is 12.8 Å². The number of nitrogens with one attached hydrogen (secondary N) is 1. The molecule has 0 atom stereocenters. The zero-order valence-electron chi connectivity index (χ0n) is 16.3. The van der Waals surface area contributed by atoms with E-state index in [0.29, 0.717) is 5.82 Å². The second-order valence-corrected chi connectivity index (χ2v) is 8.46. The molecule has 1 aromatic heterocycles. The molecule has 1 aliphatic rings. The molecular formula is C20H29N5O. The molecule has 26 heavy (non-hydrogen) atoms. The zero-order valence-corrected chi connectivity index (χ0v) is 16.3. The van der Waals surface area contributed by atoms with E-state index in [4.69, 9.17) is 5.73 Å². The van der Waals surface area contributed by atoms with Gasteiger partial charge >= 0.3 is 6.03 Å². The molecular weight excluding hydrogens is 326 g/mol. The Bertz CT molecular complexity index is 776. The van der Waals surface area contributed by atoms with Crippen LogP contribution in [0.15, 0.2) is 36.4 Å². The predicted molar refractivity (Wildman–Crippen MR) is 105 cm³/mol. The minimum Gasteiger partial charge on any atom is -0.328 e. The van der Waals surface area contributed by atoms with Crippen molar-refractivity contribution in [2.45, 2.75) is 57.7 Å². The van der Waals surface area contributed by atoms with E-state index in [2.05, 4.69) is 38.1 Å². The highest BCUT2D eigenvalue weighted by Gasteiger charge is 2.47. The van der Waals surface area contributed by atoms with Gasteiger partial charge in [0.2, 0.25) is 0 Å². The summed E-state index contributed by atoms with van der Waals surface area (Å²) < 4.78 is 1.79. The molecule has 2 aromatic rings. The van der Waals surface area contributed by atoms with E-state index in [1.54, 1.807) is 4.68 Å².